The molecule has 0 bridgehead atoms. The van der Waals surface area contributed by atoms with Gasteiger partial charge >= 0.3 is 5.97 Å². The summed E-state index contributed by atoms with van der Waals surface area (Å²) in [5.74, 6) is -2.83. The minimum absolute atomic E-state index is 0.0464. The van der Waals surface area contributed by atoms with Crippen LogP contribution in [0.15, 0.2) is 12.1 Å². The molecule has 1 aromatic heterocycles. The number of rotatable bonds is 2. The molecule has 3 rings (SSSR count). The number of aryl methyl sites for hydroxylation is 1. The Labute approximate surface area is 123 Å². The zero-order chi connectivity index (χ0) is 15.4. The summed E-state index contributed by atoms with van der Waals surface area (Å²) in [6.45, 7) is 0. The van der Waals surface area contributed by atoms with Crippen LogP contribution in [-0.4, -0.2) is 22.0 Å². The second kappa shape index (κ2) is 4.46. The molecule has 0 fully saturated rings. The molecule has 1 aliphatic carbocycles. The number of H-pyrrole nitrogens is 1. The number of amides is 1. The van der Waals surface area contributed by atoms with Crippen LogP contribution in [0.4, 0.5) is 4.39 Å². The highest BCUT2D eigenvalue weighted by molar-refractivity contribution is 6.31. The molecule has 0 radical (unpaired) electrons. The fraction of sp³-hybridized carbons (Fsp3) is 0.286. The van der Waals surface area contributed by atoms with Crippen LogP contribution in [0.5, 0.6) is 0 Å². The first-order valence-corrected chi connectivity index (χ1v) is 6.79. The number of fused-ring (bicyclic) bond motifs is 3. The molecule has 1 atom stereocenters. The average molecular weight is 311 g/mol. The third-order valence-corrected chi connectivity index (χ3v) is 4.43. The normalized spacial score (nSPS) is 21.2. The summed E-state index contributed by atoms with van der Waals surface area (Å²) in [7, 11) is 0. The number of benzene rings is 1. The van der Waals surface area contributed by atoms with Gasteiger partial charge in [-0.25, -0.2) is 4.39 Å². The van der Waals surface area contributed by atoms with Gasteiger partial charge in [0.2, 0.25) is 5.91 Å². The first-order chi connectivity index (χ1) is 9.87. The zero-order valence-electron chi connectivity index (χ0n) is 10.9. The number of hydrogen-bond acceptors (Lipinski definition) is 2. The molecule has 0 spiro atoms. The maximum atomic E-state index is 13.6. The van der Waals surface area contributed by atoms with E-state index in [1.54, 1.807) is 0 Å². The molecule has 4 N–H and O–H groups in total. The molecular formula is C14H12ClFN2O3. The van der Waals surface area contributed by atoms with Crippen LogP contribution in [0.3, 0.4) is 0 Å². The Morgan fingerprint density at radius 1 is 1.43 bits per heavy atom. The molecule has 0 saturated carbocycles. The van der Waals surface area contributed by atoms with Crippen LogP contribution in [-0.2, 0) is 21.4 Å². The number of carbonyl (C=O) groups excluding carboxylic acids is 1. The van der Waals surface area contributed by atoms with Crippen molar-refractivity contribution in [1.82, 2.24) is 4.98 Å². The van der Waals surface area contributed by atoms with Gasteiger partial charge in [0.1, 0.15) is 5.82 Å². The van der Waals surface area contributed by atoms with Crippen LogP contribution in [0, 0.1) is 5.82 Å². The number of hydrogen-bond donors (Lipinski definition) is 3. The Bertz CT molecular complexity index is 770. The van der Waals surface area contributed by atoms with Crippen molar-refractivity contribution in [3.63, 3.8) is 0 Å². The number of carboxylic acids is 1. The van der Waals surface area contributed by atoms with Crippen molar-refractivity contribution in [2.45, 2.75) is 24.7 Å². The molecule has 7 heteroatoms. The Hall–Kier alpha value is -2.08. The second-order valence-electron chi connectivity index (χ2n) is 5.22. The van der Waals surface area contributed by atoms with Crippen molar-refractivity contribution in [2.24, 2.45) is 5.73 Å². The van der Waals surface area contributed by atoms with Crippen molar-refractivity contribution < 1.29 is 19.1 Å². The van der Waals surface area contributed by atoms with Gasteiger partial charge in [-0.05, 0) is 37.0 Å². The van der Waals surface area contributed by atoms with Crippen LogP contribution >= 0.6 is 11.6 Å². The number of aromatic nitrogens is 1. The quantitative estimate of drug-likeness (QED) is 0.741. The van der Waals surface area contributed by atoms with Gasteiger partial charge < -0.3 is 15.8 Å². The first-order valence-electron chi connectivity index (χ1n) is 6.41. The average Bonchev–Trinajstić information content (AvgIpc) is 2.76. The van der Waals surface area contributed by atoms with Crippen molar-refractivity contribution >= 4 is 34.4 Å². The second-order valence-corrected chi connectivity index (χ2v) is 5.63. The lowest BCUT2D eigenvalue weighted by Gasteiger charge is -2.30. The number of carbonyl (C=O) groups is 2. The number of halogens is 2. The predicted molar refractivity (Wildman–Crippen MR) is 74.7 cm³/mol. The molecule has 110 valence electrons. The summed E-state index contributed by atoms with van der Waals surface area (Å²) in [4.78, 5) is 26.3. The van der Waals surface area contributed by atoms with E-state index in [2.05, 4.69) is 4.98 Å². The van der Waals surface area contributed by atoms with Gasteiger partial charge in [-0.2, -0.15) is 0 Å². The summed E-state index contributed by atoms with van der Waals surface area (Å²) < 4.78 is 13.6. The smallest absolute Gasteiger partial charge is 0.325 e. The molecule has 2 aromatic rings. The van der Waals surface area contributed by atoms with E-state index in [1.165, 1.54) is 12.1 Å². The van der Waals surface area contributed by atoms with Crippen LogP contribution in [0.2, 0.25) is 5.02 Å². The lowest BCUT2D eigenvalue weighted by atomic mass is 9.72. The number of nitrogens with one attached hydrogen (secondary N) is 1. The largest absolute Gasteiger partial charge is 0.480 e. The molecule has 1 unspecified atom stereocenters. The summed E-state index contributed by atoms with van der Waals surface area (Å²) in [5, 5.41) is 10.1. The van der Waals surface area contributed by atoms with Crippen LogP contribution in [0.1, 0.15) is 24.1 Å². The van der Waals surface area contributed by atoms with Gasteiger partial charge in [0.25, 0.3) is 0 Å². The Kier molecular flexibility index (Phi) is 2.95. The lowest BCUT2D eigenvalue weighted by molar-refractivity contribution is -0.149. The van der Waals surface area contributed by atoms with Gasteiger partial charge in [0.05, 0.1) is 5.02 Å². The van der Waals surface area contributed by atoms with Crippen LogP contribution < -0.4 is 5.73 Å². The molecule has 1 aromatic carbocycles. The van der Waals surface area contributed by atoms with Crippen molar-refractivity contribution in [3.8, 4) is 0 Å². The minimum atomic E-state index is -1.80. The predicted octanol–water partition coefficient (Wildman–Crippen LogP) is 2.10. The van der Waals surface area contributed by atoms with E-state index < -0.39 is 23.1 Å². The van der Waals surface area contributed by atoms with Gasteiger partial charge in [-0.15, -0.1) is 0 Å². The number of primary amides is 1. The number of aromatic amines is 1. The highest BCUT2D eigenvalue weighted by Crippen LogP contribution is 2.41. The summed E-state index contributed by atoms with van der Waals surface area (Å²) >= 11 is 5.79. The zero-order valence-corrected chi connectivity index (χ0v) is 11.6. The Morgan fingerprint density at radius 2 is 2.14 bits per heavy atom. The summed E-state index contributed by atoms with van der Waals surface area (Å²) in [5.41, 5.74) is 4.88. The number of nitrogens with two attached hydrogens (primary N) is 1. The minimum Gasteiger partial charge on any atom is -0.480 e. The maximum absolute atomic E-state index is 13.6. The molecule has 5 nitrogen and oxygen atoms in total. The summed E-state index contributed by atoms with van der Waals surface area (Å²) in [6, 6.07) is 2.64. The van der Waals surface area contributed by atoms with Gasteiger partial charge in [0.15, 0.2) is 5.41 Å². The maximum Gasteiger partial charge on any atom is 0.325 e. The van der Waals surface area contributed by atoms with E-state index in [4.69, 9.17) is 17.3 Å². The van der Waals surface area contributed by atoms with E-state index in [-0.39, 0.29) is 17.1 Å². The van der Waals surface area contributed by atoms with Gasteiger partial charge in [0, 0.05) is 16.6 Å². The Morgan fingerprint density at radius 3 is 2.76 bits per heavy atom. The fourth-order valence-electron chi connectivity index (χ4n) is 3.09. The lowest BCUT2D eigenvalue weighted by Crippen LogP contribution is -2.50. The standard InChI is InChI=1S/C14H12ClFN2O3/c15-8-4-7-6-2-1-3-14(12(17)19,13(20)21)11(6)18-10(7)5-9(8)16/h4-5,18H,1-3H2,(H2,17,19)(H,20,21). The fourth-order valence-corrected chi connectivity index (χ4v) is 3.25. The SMILES string of the molecule is NC(=O)C1(C(=O)O)CCCc2c1[nH]c1cc(F)c(Cl)cc21. The van der Waals surface area contributed by atoms with E-state index in [0.717, 1.165) is 0 Å². The highest BCUT2D eigenvalue weighted by atomic mass is 35.5. The Balaban J connectivity index is 2.37. The first kappa shape index (κ1) is 13.9. The topological polar surface area (TPSA) is 96.2 Å². The number of aliphatic carboxylic acids is 1. The molecule has 21 heavy (non-hydrogen) atoms. The van der Waals surface area contributed by atoms with Gasteiger partial charge in [-0.1, -0.05) is 11.6 Å². The molecule has 1 heterocycles. The van der Waals surface area contributed by atoms with Crippen molar-refractivity contribution in [2.75, 3.05) is 0 Å². The molecule has 1 aliphatic rings. The van der Waals surface area contributed by atoms with Crippen molar-refractivity contribution in [1.29, 1.82) is 0 Å². The molecule has 1 amide bonds. The van der Waals surface area contributed by atoms with E-state index in [9.17, 15) is 19.1 Å². The highest BCUT2D eigenvalue weighted by Gasteiger charge is 2.50. The summed E-state index contributed by atoms with van der Waals surface area (Å²) in [6.07, 6.45) is 1.21. The van der Waals surface area contributed by atoms with Gasteiger partial charge in [-0.3, -0.25) is 9.59 Å². The molecule has 0 aliphatic heterocycles. The molecular weight excluding hydrogens is 299 g/mol. The number of carboxylic acid groups (broad SMARTS) is 1. The van der Waals surface area contributed by atoms with Crippen LogP contribution in [0.25, 0.3) is 10.9 Å². The third kappa shape index (κ3) is 1.75. The van der Waals surface area contributed by atoms with E-state index >= 15 is 0 Å². The monoisotopic (exact) mass is 310 g/mol. The van der Waals surface area contributed by atoms with E-state index in [1.807, 2.05) is 0 Å². The van der Waals surface area contributed by atoms with E-state index in [0.29, 0.717) is 29.3 Å². The van der Waals surface area contributed by atoms with Crippen molar-refractivity contribution in [3.05, 3.63) is 34.2 Å². The third-order valence-electron chi connectivity index (χ3n) is 4.14. The molecule has 0 saturated heterocycles.